The Hall–Kier alpha value is -0.670. The molecule has 0 fully saturated rings. The fourth-order valence-electron chi connectivity index (χ4n) is 1.06. The molecule has 0 aromatic heterocycles. The zero-order chi connectivity index (χ0) is 14.7. The van der Waals surface area contributed by atoms with E-state index in [9.17, 15) is 26.0 Å². The van der Waals surface area contributed by atoms with Crippen LogP contribution < -0.4 is 4.74 Å². The minimum absolute atomic E-state index is 0.298. The number of rotatable bonds is 5. The molecule has 0 amide bonds. The van der Waals surface area contributed by atoms with Gasteiger partial charge in [0, 0.05) is 16.4 Å². The molecule has 10 heteroatoms. The zero-order valence-electron chi connectivity index (χ0n) is 9.08. The zero-order valence-corrected chi connectivity index (χ0v) is 11.5. The number of ether oxygens (including phenoxy) is 1. The predicted octanol–water partition coefficient (Wildman–Crippen LogP) is 3.39. The second-order valence-electron chi connectivity index (χ2n) is 3.17. The molecule has 19 heavy (non-hydrogen) atoms. The Morgan fingerprint density at radius 2 is 1.95 bits per heavy atom. The van der Waals surface area contributed by atoms with Crippen molar-refractivity contribution < 1.29 is 30.7 Å². The van der Waals surface area contributed by atoms with Crippen molar-refractivity contribution in [1.29, 1.82) is 0 Å². The Labute approximate surface area is 115 Å². The Bertz CT molecular complexity index is 545. The quantitative estimate of drug-likeness (QED) is 0.469. The highest BCUT2D eigenvalue weighted by molar-refractivity contribution is 8.13. The molecule has 0 saturated heterocycles. The number of thioether (sulfide) groups is 1. The highest BCUT2D eigenvalue weighted by Gasteiger charge is 2.27. The van der Waals surface area contributed by atoms with E-state index in [1.54, 1.807) is 0 Å². The molecule has 0 spiro atoms. The van der Waals surface area contributed by atoms with Gasteiger partial charge in [0.05, 0.1) is 11.5 Å². The molecule has 0 aliphatic heterocycles. The molecule has 0 heterocycles. The van der Waals surface area contributed by atoms with E-state index in [-0.39, 0.29) is 24.1 Å². The Morgan fingerprint density at radius 1 is 1.32 bits per heavy atom. The van der Waals surface area contributed by atoms with E-state index >= 15 is 0 Å². The molecule has 0 aliphatic carbocycles. The summed E-state index contributed by atoms with van der Waals surface area (Å²) in [6.45, 7) is -0.367. The van der Waals surface area contributed by atoms with E-state index in [4.69, 9.17) is 15.4 Å². The Kier molecular flexibility index (Phi) is 5.34. The van der Waals surface area contributed by atoms with E-state index < -0.39 is 31.0 Å². The van der Waals surface area contributed by atoms with Crippen LogP contribution in [-0.4, -0.2) is 26.3 Å². The summed E-state index contributed by atoms with van der Waals surface area (Å²) in [5, 5.41) is 0. The first-order valence-electron chi connectivity index (χ1n) is 4.67. The van der Waals surface area contributed by atoms with Gasteiger partial charge in [0.1, 0.15) is 0 Å². The van der Waals surface area contributed by atoms with Gasteiger partial charge in [-0.1, -0.05) is 0 Å². The van der Waals surface area contributed by atoms with Crippen LogP contribution in [0.2, 0.25) is 0 Å². The molecule has 0 unspecified atom stereocenters. The number of hydrogen-bond acceptors (Lipinski definition) is 4. The van der Waals surface area contributed by atoms with Crippen LogP contribution in [0.1, 0.15) is 0 Å². The van der Waals surface area contributed by atoms with Crippen LogP contribution in [0.5, 0.6) is 5.75 Å². The molecule has 0 N–H and O–H groups in total. The molecule has 0 radical (unpaired) electrons. The van der Waals surface area contributed by atoms with Crippen molar-refractivity contribution in [2.75, 3.05) is 12.4 Å². The maximum atomic E-state index is 13.4. The third-order valence-electron chi connectivity index (χ3n) is 1.79. The minimum atomic E-state index is -4.38. The van der Waals surface area contributed by atoms with Gasteiger partial charge in [0.25, 0.3) is 9.05 Å². The van der Waals surface area contributed by atoms with Crippen LogP contribution >= 0.6 is 22.4 Å². The van der Waals surface area contributed by atoms with E-state index in [2.05, 4.69) is 0 Å². The third kappa shape index (κ3) is 5.87. The summed E-state index contributed by atoms with van der Waals surface area (Å²) in [5.41, 5.74) is -4.38. The topological polar surface area (TPSA) is 43.4 Å². The van der Waals surface area contributed by atoms with Crippen LogP contribution in [0.25, 0.3) is 0 Å². The second kappa shape index (κ2) is 6.19. The summed E-state index contributed by atoms with van der Waals surface area (Å²) >= 11 is -0.298. The molecule has 1 aromatic rings. The first-order chi connectivity index (χ1) is 8.59. The highest BCUT2D eigenvalue weighted by atomic mass is 35.7. The molecule has 3 nitrogen and oxygen atoms in total. The van der Waals surface area contributed by atoms with E-state index in [1.807, 2.05) is 0 Å². The number of alkyl halides is 3. The van der Waals surface area contributed by atoms with Gasteiger partial charge < -0.3 is 4.74 Å². The molecule has 0 aliphatic rings. The molecular formula is C9H7ClF4O3S2. The lowest BCUT2D eigenvalue weighted by Crippen LogP contribution is -2.08. The van der Waals surface area contributed by atoms with Gasteiger partial charge in [-0.3, -0.25) is 0 Å². The van der Waals surface area contributed by atoms with Crippen molar-refractivity contribution in [2.45, 2.75) is 10.4 Å². The largest absolute Gasteiger partial charge is 0.490 e. The van der Waals surface area contributed by atoms with Gasteiger partial charge in [-0.2, -0.15) is 13.2 Å². The maximum absolute atomic E-state index is 13.4. The molecule has 0 bridgehead atoms. The second-order valence-corrected chi connectivity index (χ2v) is 6.90. The van der Waals surface area contributed by atoms with Crippen molar-refractivity contribution >= 4 is 31.5 Å². The van der Waals surface area contributed by atoms with Gasteiger partial charge in [-0.15, -0.1) is 0 Å². The van der Waals surface area contributed by atoms with Crippen LogP contribution in [0, 0.1) is 5.82 Å². The third-order valence-corrected chi connectivity index (χ3v) is 3.84. The minimum Gasteiger partial charge on any atom is -0.490 e. The lowest BCUT2D eigenvalue weighted by molar-refractivity contribution is -0.0329. The number of benzene rings is 1. The van der Waals surface area contributed by atoms with E-state index in [0.29, 0.717) is 6.07 Å². The monoisotopic (exact) mass is 338 g/mol. The lowest BCUT2D eigenvalue weighted by Gasteiger charge is -2.09. The molecule has 1 rings (SSSR count). The van der Waals surface area contributed by atoms with Crippen molar-refractivity contribution in [3.8, 4) is 5.75 Å². The normalized spacial score (nSPS) is 12.5. The summed E-state index contributed by atoms with van der Waals surface area (Å²) in [5.74, 6) is -1.76. The lowest BCUT2D eigenvalue weighted by atomic mass is 10.3. The Morgan fingerprint density at radius 3 is 2.42 bits per heavy atom. The highest BCUT2D eigenvalue weighted by Crippen LogP contribution is 2.30. The van der Waals surface area contributed by atoms with Gasteiger partial charge >= 0.3 is 5.51 Å². The molecule has 108 valence electrons. The standard InChI is InChI=1S/C9H7ClF4O3S2/c10-19(15,16)6-1-2-8(7(11)5-6)17-3-4-18-9(12,13)14/h1-2,5H,3-4H2. The average molecular weight is 339 g/mol. The van der Waals surface area contributed by atoms with Crippen LogP contribution in [0.3, 0.4) is 0 Å². The van der Waals surface area contributed by atoms with Gasteiger partial charge in [-0.25, -0.2) is 12.8 Å². The van der Waals surface area contributed by atoms with Crippen molar-refractivity contribution in [3.05, 3.63) is 24.0 Å². The first-order valence-corrected chi connectivity index (χ1v) is 7.97. The summed E-state index contributed by atoms with van der Waals surface area (Å²) < 4.78 is 75.3. The number of hydrogen-bond donors (Lipinski definition) is 0. The van der Waals surface area contributed by atoms with Gasteiger partial charge in [0.15, 0.2) is 11.6 Å². The fourth-order valence-corrected chi connectivity index (χ4v) is 2.22. The van der Waals surface area contributed by atoms with Crippen molar-refractivity contribution in [3.63, 3.8) is 0 Å². The summed E-state index contributed by atoms with van der Waals surface area (Å²) in [4.78, 5) is -0.455. The van der Waals surface area contributed by atoms with Crippen LogP contribution in [0.15, 0.2) is 23.1 Å². The number of halogens is 5. The van der Waals surface area contributed by atoms with Crippen molar-refractivity contribution in [2.24, 2.45) is 0 Å². The van der Waals surface area contributed by atoms with Gasteiger partial charge in [0.2, 0.25) is 0 Å². The predicted molar refractivity (Wildman–Crippen MR) is 63.4 cm³/mol. The smallest absolute Gasteiger partial charge is 0.441 e. The van der Waals surface area contributed by atoms with Gasteiger partial charge in [-0.05, 0) is 30.0 Å². The van der Waals surface area contributed by atoms with Crippen molar-refractivity contribution in [1.82, 2.24) is 0 Å². The molecule has 0 saturated carbocycles. The summed E-state index contributed by atoms with van der Waals surface area (Å²) in [6.07, 6.45) is 0. The first kappa shape index (κ1) is 16.4. The van der Waals surface area contributed by atoms with Crippen LogP contribution in [-0.2, 0) is 9.05 Å². The molecule has 1 aromatic carbocycles. The fraction of sp³-hybridized carbons (Fsp3) is 0.333. The summed E-state index contributed by atoms with van der Waals surface area (Å²) in [6, 6.07) is 2.62. The van der Waals surface area contributed by atoms with E-state index in [0.717, 1.165) is 12.1 Å². The Balaban J connectivity index is 2.61. The maximum Gasteiger partial charge on any atom is 0.441 e. The van der Waals surface area contributed by atoms with Crippen LogP contribution in [0.4, 0.5) is 17.6 Å². The molecule has 0 atom stereocenters. The summed E-state index contributed by atoms with van der Waals surface area (Å²) in [7, 11) is 0.933. The average Bonchev–Trinajstić information content (AvgIpc) is 2.23. The SMILES string of the molecule is O=S(=O)(Cl)c1ccc(OCCSC(F)(F)F)c(F)c1. The van der Waals surface area contributed by atoms with E-state index in [1.165, 1.54) is 0 Å². The molecular weight excluding hydrogens is 332 g/mol.